The third-order valence-corrected chi connectivity index (χ3v) is 4.14. The Balaban J connectivity index is 1.61. The smallest absolute Gasteiger partial charge is 0.191 e. The maximum absolute atomic E-state index is 5.90. The number of hydrogen-bond acceptors (Lipinski definition) is 2. The first-order valence-electron chi connectivity index (χ1n) is 7.76. The Morgan fingerprint density at radius 3 is 2.50 bits per heavy atom. The topological polar surface area (TPSA) is 54.2 Å². The zero-order chi connectivity index (χ0) is 16.9. The monoisotopic (exact) mass is 341 g/mol. The number of rotatable bonds is 4. The van der Waals surface area contributed by atoms with Crippen LogP contribution in [-0.4, -0.2) is 22.6 Å². The van der Waals surface area contributed by atoms with Crippen LogP contribution in [0.1, 0.15) is 11.4 Å². The Morgan fingerprint density at radius 1 is 1.08 bits per heavy atom. The highest BCUT2D eigenvalue weighted by molar-refractivity contribution is 6.30. The van der Waals surface area contributed by atoms with Crippen LogP contribution in [0.2, 0.25) is 5.02 Å². The van der Waals surface area contributed by atoms with Crippen molar-refractivity contribution in [3.8, 4) is 0 Å². The van der Waals surface area contributed by atoms with E-state index in [0.29, 0.717) is 13.1 Å². The van der Waals surface area contributed by atoms with Gasteiger partial charge in [0.1, 0.15) is 5.82 Å². The Morgan fingerprint density at radius 2 is 1.79 bits per heavy atom. The SMILES string of the molecule is CN=C(NCc1ccc(Cl)cc1)NCc1nc2ccccc2n1C. The molecule has 1 heterocycles. The molecular formula is C18H20ClN5. The van der Waals surface area contributed by atoms with E-state index in [2.05, 4.69) is 31.2 Å². The van der Waals surface area contributed by atoms with Crippen LogP contribution in [0.4, 0.5) is 0 Å². The number of halogens is 1. The average molecular weight is 342 g/mol. The summed E-state index contributed by atoms with van der Waals surface area (Å²) in [6, 6.07) is 15.9. The Bertz CT molecular complexity index is 851. The lowest BCUT2D eigenvalue weighted by Crippen LogP contribution is -2.36. The minimum Gasteiger partial charge on any atom is -0.352 e. The highest BCUT2D eigenvalue weighted by Crippen LogP contribution is 2.14. The lowest BCUT2D eigenvalue weighted by atomic mass is 10.2. The minimum absolute atomic E-state index is 0.603. The fourth-order valence-electron chi connectivity index (χ4n) is 2.52. The molecule has 6 heteroatoms. The van der Waals surface area contributed by atoms with Crippen LogP contribution < -0.4 is 10.6 Å². The largest absolute Gasteiger partial charge is 0.352 e. The van der Waals surface area contributed by atoms with Crippen LogP contribution in [0.15, 0.2) is 53.5 Å². The number of aromatic nitrogens is 2. The first-order valence-corrected chi connectivity index (χ1v) is 8.14. The number of para-hydroxylation sites is 2. The van der Waals surface area contributed by atoms with Gasteiger partial charge >= 0.3 is 0 Å². The second-order valence-corrected chi connectivity index (χ2v) is 5.92. The van der Waals surface area contributed by atoms with Crippen molar-refractivity contribution in [2.24, 2.45) is 12.0 Å². The molecule has 5 nitrogen and oxygen atoms in total. The van der Waals surface area contributed by atoms with E-state index in [4.69, 9.17) is 11.6 Å². The van der Waals surface area contributed by atoms with Gasteiger partial charge in [0, 0.05) is 25.7 Å². The van der Waals surface area contributed by atoms with Crippen LogP contribution in [-0.2, 0) is 20.1 Å². The van der Waals surface area contributed by atoms with Crippen molar-refractivity contribution in [3.05, 3.63) is 64.9 Å². The highest BCUT2D eigenvalue weighted by atomic mass is 35.5. The second-order valence-electron chi connectivity index (χ2n) is 5.48. The van der Waals surface area contributed by atoms with E-state index in [-0.39, 0.29) is 0 Å². The third kappa shape index (κ3) is 3.68. The predicted molar refractivity (Wildman–Crippen MR) is 99.2 cm³/mol. The summed E-state index contributed by atoms with van der Waals surface area (Å²) >= 11 is 5.90. The molecular weight excluding hydrogens is 322 g/mol. The number of hydrogen-bond donors (Lipinski definition) is 2. The molecule has 0 spiro atoms. The molecule has 2 N–H and O–H groups in total. The van der Waals surface area contributed by atoms with Gasteiger partial charge in [0.05, 0.1) is 17.6 Å². The number of nitrogens with zero attached hydrogens (tertiary/aromatic N) is 3. The molecule has 124 valence electrons. The molecule has 3 aromatic rings. The summed E-state index contributed by atoms with van der Waals surface area (Å²) in [4.78, 5) is 8.90. The summed E-state index contributed by atoms with van der Waals surface area (Å²) in [6.45, 7) is 1.28. The summed E-state index contributed by atoms with van der Waals surface area (Å²) in [6.07, 6.45) is 0. The maximum atomic E-state index is 5.90. The predicted octanol–water partition coefficient (Wildman–Crippen LogP) is 3.09. The molecule has 24 heavy (non-hydrogen) atoms. The molecule has 0 aliphatic heterocycles. The number of aryl methyl sites for hydroxylation is 1. The van der Waals surface area contributed by atoms with Crippen molar-refractivity contribution >= 4 is 28.6 Å². The number of imidazole rings is 1. The van der Waals surface area contributed by atoms with E-state index in [1.165, 1.54) is 0 Å². The molecule has 0 unspecified atom stereocenters. The number of nitrogens with one attached hydrogen (secondary N) is 2. The van der Waals surface area contributed by atoms with E-state index in [1.54, 1.807) is 7.05 Å². The summed E-state index contributed by atoms with van der Waals surface area (Å²) in [7, 11) is 3.78. The Hall–Kier alpha value is -2.53. The van der Waals surface area contributed by atoms with Gasteiger partial charge in [-0.1, -0.05) is 35.9 Å². The van der Waals surface area contributed by atoms with Gasteiger partial charge in [0.15, 0.2) is 5.96 Å². The Labute approximate surface area is 146 Å². The van der Waals surface area contributed by atoms with Crippen molar-refractivity contribution < 1.29 is 0 Å². The van der Waals surface area contributed by atoms with Gasteiger partial charge < -0.3 is 15.2 Å². The Kier molecular flexibility index (Phi) is 5.01. The van der Waals surface area contributed by atoms with Gasteiger partial charge in [-0.25, -0.2) is 4.98 Å². The number of benzene rings is 2. The van der Waals surface area contributed by atoms with Crippen LogP contribution >= 0.6 is 11.6 Å². The first-order chi connectivity index (χ1) is 11.7. The molecule has 0 bridgehead atoms. The molecule has 1 aromatic heterocycles. The normalized spacial score (nSPS) is 11.7. The summed E-state index contributed by atoms with van der Waals surface area (Å²) in [5.74, 6) is 1.70. The van der Waals surface area contributed by atoms with Gasteiger partial charge in [-0.2, -0.15) is 0 Å². The number of aliphatic imine (C=N–C) groups is 1. The molecule has 0 fully saturated rings. The average Bonchev–Trinajstić information content (AvgIpc) is 2.93. The van der Waals surface area contributed by atoms with Crippen molar-refractivity contribution in [1.29, 1.82) is 0 Å². The highest BCUT2D eigenvalue weighted by Gasteiger charge is 2.07. The molecule has 0 radical (unpaired) electrons. The van der Waals surface area contributed by atoms with E-state index in [1.807, 2.05) is 49.5 Å². The van der Waals surface area contributed by atoms with Crippen LogP contribution in [0.5, 0.6) is 0 Å². The number of fused-ring (bicyclic) bond motifs is 1. The molecule has 0 aliphatic carbocycles. The van der Waals surface area contributed by atoms with Crippen LogP contribution in [0.25, 0.3) is 11.0 Å². The third-order valence-electron chi connectivity index (χ3n) is 3.89. The van der Waals surface area contributed by atoms with Gasteiger partial charge in [-0.3, -0.25) is 4.99 Å². The minimum atomic E-state index is 0.603. The van der Waals surface area contributed by atoms with Gasteiger partial charge in [-0.15, -0.1) is 0 Å². The second kappa shape index (κ2) is 7.36. The van der Waals surface area contributed by atoms with Crippen LogP contribution in [0, 0.1) is 0 Å². The molecule has 0 atom stereocenters. The standard InChI is InChI=1S/C18H20ClN5/c1-20-18(21-11-13-7-9-14(19)10-8-13)22-12-17-23-15-5-3-4-6-16(15)24(17)2/h3-10H,11-12H2,1-2H3,(H2,20,21,22). The van der Waals surface area contributed by atoms with E-state index in [0.717, 1.165) is 33.4 Å². The molecule has 2 aromatic carbocycles. The van der Waals surface area contributed by atoms with Gasteiger partial charge in [-0.05, 0) is 29.8 Å². The molecule has 0 saturated carbocycles. The summed E-state index contributed by atoms with van der Waals surface area (Å²) in [5.41, 5.74) is 3.27. The lowest BCUT2D eigenvalue weighted by Gasteiger charge is -2.12. The van der Waals surface area contributed by atoms with Gasteiger partial charge in [0.2, 0.25) is 0 Å². The van der Waals surface area contributed by atoms with Crippen LogP contribution in [0.3, 0.4) is 0 Å². The van der Waals surface area contributed by atoms with Crippen molar-refractivity contribution in [2.45, 2.75) is 13.1 Å². The van der Waals surface area contributed by atoms with Crippen molar-refractivity contribution in [2.75, 3.05) is 7.05 Å². The molecule has 0 amide bonds. The van der Waals surface area contributed by atoms with Gasteiger partial charge in [0.25, 0.3) is 0 Å². The van der Waals surface area contributed by atoms with E-state index < -0.39 is 0 Å². The van der Waals surface area contributed by atoms with Crippen molar-refractivity contribution in [1.82, 2.24) is 20.2 Å². The summed E-state index contributed by atoms with van der Waals surface area (Å²) in [5, 5.41) is 7.33. The number of guanidine groups is 1. The zero-order valence-electron chi connectivity index (χ0n) is 13.8. The quantitative estimate of drug-likeness (QED) is 0.566. The zero-order valence-corrected chi connectivity index (χ0v) is 14.5. The van der Waals surface area contributed by atoms with E-state index in [9.17, 15) is 0 Å². The van der Waals surface area contributed by atoms with Crippen molar-refractivity contribution in [3.63, 3.8) is 0 Å². The lowest BCUT2D eigenvalue weighted by molar-refractivity contribution is 0.736. The maximum Gasteiger partial charge on any atom is 0.191 e. The fourth-order valence-corrected chi connectivity index (χ4v) is 2.65. The van der Waals surface area contributed by atoms with E-state index >= 15 is 0 Å². The first kappa shape index (κ1) is 16.3. The molecule has 0 aliphatic rings. The molecule has 3 rings (SSSR count). The summed E-state index contributed by atoms with van der Waals surface area (Å²) < 4.78 is 2.09. The molecule has 0 saturated heterocycles. The fraction of sp³-hybridized carbons (Fsp3) is 0.222.